The number of nitrogens with zero attached hydrogens (tertiary/aromatic N) is 1. The molecular weight excluding hydrogens is 255 g/mol. The van der Waals surface area contributed by atoms with Crippen LogP contribution >= 0.6 is 0 Å². The predicted octanol–water partition coefficient (Wildman–Crippen LogP) is 2.66. The molecule has 1 N–H and O–H groups in total. The normalized spacial score (nSPS) is 20.1. The minimum atomic E-state index is -0.219. The first-order chi connectivity index (χ1) is 9.74. The van der Waals surface area contributed by atoms with Crippen molar-refractivity contribution in [2.45, 2.75) is 26.3 Å². The number of benzene rings is 1. The molecule has 1 saturated heterocycles. The molecule has 0 aromatic heterocycles. The summed E-state index contributed by atoms with van der Waals surface area (Å²) in [7, 11) is 1.51. The van der Waals surface area contributed by atoms with Gasteiger partial charge in [0.2, 0.25) is 0 Å². The number of halogens is 1. The van der Waals surface area contributed by atoms with E-state index in [1.165, 1.54) is 20.0 Å². The van der Waals surface area contributed by atoms with Gasteiger partial charge in [-0.05, 0) is 44.5 Å². The molecule has 112 valence electrons. The van der Waals surface area contributed by atoms with Gasteiger partial charge >= 0.3 is 0 Å². The van der Waals surface area contributed by atoms with Gasteiger partial charge in [0, 0.05) is 18.7 Å². The van der Waals surface area contributed by atoms with E-state index in [0.29, 0.717) is 18.2 Å². The van der Waals surface area contributed by atoms with Gasteiger partial charge in [0.1, 0.15) is 0 Å². The van der Waals surface area contributed by atoms with E-state index in [1.807, 2.05) is 12.1 Å². The molecule has 1 aromatic rings. The van der Waals surface area contributed by atoms with Crippen LogP contribution in [0.2, 0.25) is 0 Å². The standard InChI is InChI=1S/C16H25FN2O/c1-3-18-10-13-6-5-9-19(11-13)12-14-7-4-8-15(20-2)16(14)17/h4,7-8,13,18H,3,5-6,9-12H2,1-2H3. The van der Waals surface area contributed by atoms with E-state index in [4.69, 9.17) is 4.74 Å². The van der Waals surface area contributed by atoms with Crippen molar-refractivity contribution < 1.29 is 9.13 Å². The Kier molecular flexibility index (Phi) is 5.80. The number of piperidine rings is 1. The first-order valence-corrected chi connectivity index (χ1v) is 7.49. The van der Waals surface area contributed by atoms with Gasteiger partial charge in [-0.25, -0.2) is 4.39 Å². The molecule has 0 saturated carbocycles. The van der Waals surface area contributed by atoms with Crippen LogP contribution in [0, 0.1) is 11.7 Å². The fraction of sp³-hybridized carbons (Fsp3) is 0.625. The zero-order valence-corrected chi connectivity index (χ0v) is 12.5. The van der Waals surface area contributed by atoms with Gasteiger partial charge < -0.3 is 10.1 Å². The summed E-state index contributed by atoms with van der Waals surface area (Å²) in [6.07, 6.45) is 2.46. The summed E-state index contributed by atoms with van der Waals surface area (Å²) in [5.41, 5.74) is 0.730. The summed E-state index contributed by atoms with van der Waals surface area (Å²) in [6.45, 7) is 6.98. The van der Waals surface area contributed by atoms with Crippen molar-refractivity contribution in [1.29, 1.82) is 0 Å². The number of methoxy groups -OCH3 is 1. The summed E-state index contributed by atoms with van der Waals surface area (Å²) < 4.78 is 19.2. The van der Waals surface area contributed by atoms with Crippen LogP contribution in [0.15, 0.2) is 18.2 Å². The van der Waals surface area contributed by atoms with Crippen LogP contribution in [0.1, 0.15) is 25.3 Å². The van der Waals surface area contributed by atoms with Crippen LogP contribution in [0.5, 0.6) is 5.75 Å². The molecule has 4 heteroatoms. The van der Waals surface area contributed by atoms with Gasteiger partial charge in [-0.15, -0.1) is 0 Å². The predicted molar refractivity (Wildman–Crippen MR) is 79.5 cm³/mol. The molecular formula is C16H25FN2O. The van der Waals surface area contributed by atoms with E-state index in [-0.39, 0.29) is 5.82 Å². The monoisotopic (exact) mass is 280 g/mol. The lowest BCUT2D eigenvalue weighted by molar-refractivity contribution is 0.164. The highest BCUT2D eigenvalue weighted by Crippen LogP contribution is 2.23. The van der Waals surface area contributed by atoms with Gasteiger partial charge in [0.15, 0.2) is 11.6 Å². The molecule has 1 aliphatic rings. The lowest BCUT2D eigenvalue weighted by atomic mass is 9.97. The van der Waals surface area contributed by atoms with Crippen molar-refractivity contribution >= 4 is 0 Å². The number of hydrogen-bond acceptors (Lipinski definition) is 3. The smallest absolute Gasteiger partial charge is 0.169 e. The average Bonchev–Trinajstić information content (AvgIpc) is 2.48. The summed E-state index contributed by atoms with van der Waals surface area (Å²) in [5, 5.41) is 3.41. The highest BCUT2D eigenvalue weighted by atomic mass is 19.1. The Morgan fingerprint density at radius 1 is 1.45 bits per heavy atom. The van der Waals surface area contributed by atoms with Gasteiger partial charge in [-0.1, -0.05) is 19.1 Å². The van der Waals surface area contributed by atoms with E-state index in [0.717, 1.165) is 31.7 Å². The zero-order chi connectivity index (χ0) is 14.4. The second kappa shape index (κ2) is 7.60. The van der Waals surface area contributed by atoms with Crippen LogP contribution in [-0.4, -0.2) is 38.2 Å². The molecule has 3 nitrogen and oxygen atoms in total. The number of likely N-dealkylation sites (tertiary alicyclic amines) is 1. The van der Waals surface area contributed by atoms with Crippen molar-refractivity contribution in [3.63, 3.8) is 0 Å². The Morgan fingerprint density at radius 2 is 2.30 bits per heavy atom. The fourth-order valence-electron chi connectivity index (χ4n) is 2.89. The van der Waals surface area contributed by atoms with E-state index in [2.05, 4.69) is 17.1 Å². The third kappa shape index (κ3) is 3.93. The molecule has 1 heterocycles. The van der Waals surface area contributed by atoms with E-state index < -0.39 is 0 Å². The van der Waals surface area contributed by atoms with Crippen molar-refractivity contribution in [2.75, 3.05) is 33.3 Å². The van der Waals surface area contributed by atoms with Gasteiger partial charge in [0.05, 0.1) is 7.11 Å². The van der Waals surface area contributed by atoms with Crippen LogP contribution in [0.25, 0.3) is 0 Å². The molecule has 1 aromatic carbocycles. The average molecular weight is 280 g/mol. The molecule has 1 unspecified atom stereocenters. The zero-order valence-electron chi connectivity index (χ0n) is 12.5. The third-order valence-corrected chi connectivity index (χ3v) is 3.94. The molecule has 1 aliphatic heterocycles. The van der Waals surface area contributed by atoms with Gasteiger partial charge in [0.25, 0.3) is 0 Å². The number of nitrogens with one attached hydrogen (secondary N) is 1. The highest BCUT2D eigenvalue weighted by molar-refractivity contribution is 5.31. The summed E-state index contributed by atoms with van der Waals surface area (Å²) in [5.74, 6) is 0.796. The SMILES string of the molecule is CCNCC1CCCN(Cc2cccc(OC)c2F)C1. The number of ether oxygens (including phenoxy) is 1. The van der Waals surface area contributed by atoms with E-state index >= 15 is 0 Å². The first kappa shape index (κ1) is 15.3. The van der Waals surface area contributed by atoms with Crippen molar-refractivity contribution in [1.82, 2.24) is 10.2 Å². The molecule has 0 spiro atoms. The molecule has 0 amide bonds. The second-order valence-electron chi connectivity index (χ2n) is 5.48. The molecule has 1 fully saturated rings. The van der Waals surface area contributed by atoms with Gasteiger partial charge in [-0.3, -0.25) is 4.90 Å². The molecule has 0 bridgehead atoms. The van der Waals surface area contributed by atoms with E-state index in [9.17, 15) is 4.39 Å². The molecule has 1 atom stereocenters. The summed E-state index contributed by atoms with van der Waals surface area (Å²) >= 11 is 0. The molecule has 2 rings (SSSR count). The fourth-order valence-corrected chi connectivity index (χ4v) is 2.89. The van der Waals surface area contributed by atoms with Crippen LogP contribution in [0.4, 0.5) is 4.39 Å². The lowest BCUT2D eigenvalue weighted by Crippen LogP contribution is -2.39. The summed E-state index contributed by atoms with van der Waals surface area (Å²) in [4.78, 5) is 2.35. The van der Waals surface area contributed by atoms with Crippen LogP contribution in [0.3, 0.4) is 0 Å². The van der Waals surface area contributed by atoms with Crippen molar-refractivity contribution in [2.24, 2.45) is 5.92 Å². The first-order valence-electron chi connectivity index (χ1n) is 7.49. The van der Waals surface area contributed by atoms with Crippen LogP contribution < -0.4 is 10.1 Å². The molecule has 20 heavy (non-hydrogen) atoms. The Morgan fingerprint density at radius 3 is 3.05 bits per heavy atom. The maximum absolute atomic E-state index is 14.2. The minimum absolute atomic E-state index is 0.219. The summed E-state index contributed by atoms with van der Waals surface area (Å²) in [6, 6.07) is 5.38. The molecule has 0 aliphatic carbocycles. The number of hydrogen-bond donors (Lipinski definition) is 1. The minimum Gasteiger partial charge on any atom is -0.494 e. The highest BCUT2D eigenvalue weighted by Gasteiger charge is 2.21. The third-order valence-electron chi connectivity index (χ3n) is 3.94. The maximum Gasteiger partial charge on any atom is 0.169 e. The van der Waals surface area contributed by atoms with Crippen LogP contribution in [-0.2, 0) is 6.54 Å². The Balaban J connectivity index is 1.95. The lowest BCUT2D eigenvalue weighted by Gasteiger charge is -2.33. The Labute approximate surface area is 121 Å². The largest absolute Gasteiger partial charge is 0.494 e. The topological polar surface area (TPSA) is 24.5 Å². The Hall–Kier alpha value is -1.13. The van der Waals surface area contributed by atoms with Crippen molar-refractivity contribution in [3.05, 3.63) is 29.6 Å². The maximum atomic E-state index is 14.2. The molecule has 0 radical (unpaired) electrons. The number of rotatable bonds is 6. The second-order valence-corrected chi connectivity index (χ2v) is 5.48. The quantitative estimate of drug-likeness (QED) is 0.867. The van der Waals surface area contributed by atoms with E-state index in [1.54, 1.807) is 6.07 Å². The Bertz CT molecular complexity index is 425. The van der Waals surface area contributed by atoms with Crippen molar-refractivity contribution in [3.8, 4) is 5.75 Å². The van der Waals surface area contributed by atoms with Gasteiger partial charge in [-0.2, -0.15) is 0 Å².